The van der Waals surface area contributed by atoms with E-state index in [1.807, 2.05) is 0 Å². The van der Waals surface area contributed by atoms with E-state index in [1.54, 1.807) is 7.05 Å². The van der Waals surface area contributed by atoms with Gasteiger partial charge in [-0.2, -0.15) is 0 Å². The van der Waals surface area contributed by atoms with Crippen LogP contribution in [0.4, 0.5) is 5.69 Å². The number of amides is 1. The highest BCUT2D eigenvalue weighted by atomic mass is 32.2. The molecule has 2 aromatic rings. The van der Waals surface area contributed by atoms with E-state index < -0.39 is 39.9 Å². The Morgan fingerprint density at radius 2 is 1.97 bits per heavy atom. The number of thioether (sulfide) groups is 2. The molecule has 1 fully saturated rings. The maximum Gasteiger partial charge on any atom is 0.356 e. The van der Waals surface area contributed by atoms with E-state index in [9.17, 15) is 34.7 Å². The summed E-state index contributed by atoms with van der Waals surface area (Å²) < 4.78 is 6.42. The lowest BCUT2D eigenvalue weighted by atomic mass is 9.83. The second-order valence-electron chi connectivity index (χ2n) is 8.04. The molecule has 0 spiro atoms. The van der Waals surface area contributed by atoms with E-state index in [0.29, 0.717) is 22.5 Å². The molecule has 0 aliphatic carbocycles. The van der Waals surface area contributed by atoms with E-state index >= 15 is 0 Å². The number of aliphatic hydroxyl groups is 2. The summed E-state index contributed by atoms with van der Waals surface area (Å²) in [6.45, 7) is 2.48. The highest BCUT2D eigenvalue weighted by Gasteiger charge is 2.58. The van der Waals surface area contributed by atoms with Gasteiger partial charge in [-0.15, -0.1) is 5.10 Å². The summed E-state index contributed by atoms with van der Waals surface area (Å²) in [5, 5.41) is 41.5. The minimum absolute atomic E-state index is 0.0589. The van der Waals surface area contributed by atoms with Crippen LogP contribution in [-0.4, -0.2) is 80.2 Å². The molecule has 1 aliphatic rings. The van der Waals surface area contributed by atoms with Crippen molar-refractivity contribution in [3.63, 3.8) is 0 Å². The number of aromatic nitrogens is 4. The van der Waals surface area contributed by atoms with Gasteiger partial charge in [0.05, 0.1) is 22.2 Å². The van der Waals surface area contributed by atoms with Crippen molar-refractivity contribution >= 4 is 46.2 Å². The minimum atomic E-state index is -2.01. The lowest BCUT2D eigenvalue weighted by Gasteiger charge is -2.51. The van der Waals surface area contributed by atoms with Crippen LogP contribution in [0.2, 0.25) is 0 Å². The summed E-state index contributed by atoms with van der Waals surface area (Å²) in [5.41, 5.74) is -1.23. The third-order valence-corrected chi connectivity index (χ3v) is 7.34. The van der Waals surface area contributed by atoms with Crippen molar-refractivity contribution in [2.75, 3.05) is 5.75 Å². The molecule has 3 rings (SSSR count). The Morgan fingerprint density at radius 3 is 2.51 bits per heavy atom. The van der Waals surface area contributed by atoms with Gasteiger partial charge in [0.15, 0.2) is 0 Å². The molecule has 1 aromatic carbocycles. The number of ether oxygens (including phenoxy) is 1. The number of β-lactam (4-membered cyclic amide) rings is 1. The number of hydrogen-bond donors (Lipinski definition) is 2. The molecule has 1 unspecified atom stereocenters. The predicted octanol–water partition coefficient (Wildman–Crippen LogP) is 0.0874. The fourth-order valence-corrected chi connectivity index (χ4v) is 5.42. The van der Waals surface area contributed by atoms with Gasteiger partial charge < -0.3 is 14.9 Å². The molecule has 3 atom stereocenters. The third-order valence-electron chi connectivity index (χ3n) is 5.00. The first-order valence-corrected chi connectivity index (χ1v) is 11.9. The largest absolute Gasteiger partial charge is 0.457 e. The molecule has 1 aromatic heterocycles. The lowest BCUT2D eigenvalue weighted by molar-refractivity contribution is -0.384. The average molecular weight is 527 g/mol. The minimum Gasteiger partial charge on any atom is -0.457 e. The number of benzene rings is 1. The number of aryl methyl sites for hydroxylation is 1. The molecule has 2 N–H and O–H groups in total. The molecule has 0 saturated carbocycles. The van der Waals surface area contributed by atoms with E-state index in [2.05, 4.69) is 15.5 Å². The molecule has 1 aliphatic heterocycles. The standard InChI is InChI=1S/C19H22N6O8S2/c1-19(2,30)13-14(27)24(16(13)35-12(26)9-34-18-20-21-22-23(18)3)15(28)17(29)33-8-10-4-6-11(7-5-10)25(31)32/h4-7,13,15-16,28,30H,8-9H2,1-3H3/t13-,15?,16-/m1/s1. The average Bonchev–Trinajstić information content (AvgIpc) is 3.19. The van der Waals surface area contributed by atoms with Gasteiger partial charge in [-0.3, -0.25) is 24.6 Å². The zero-order valence-corrected chi connectivity index (χ0v) is 20.4. The first kappa shape index (κ1) is 26.5. The Balaban J connectivity index is 1.63. The number of non-ortho nitro benzene ring substituents is 1. The van der Waals surface area contributed by atoms with Gasteiger partial charge in [0.1, 0.15) is 12.0 Å². The van der Waals surface area contributed by atoms with Crippen molar-refractivity contribution in [1.82, 2.24) is 25.1 Å². The van der Waals surface area contributed by atoms with Crippen molar-refractivity contribution < 1.29 is 34.3 Å². The number of esters is 1. The van der Waals surface area contributed by atoms with Crippen LogP contribution >= 0.6 is 23.5 Å². The molecule has 188 valence electrons. The first-order valence-electron chi connectivity index (χ1n) is 10.1. The highest BCUT2D eigenvalue weighted by Crippen LogP contribution is 2.43. The van der Waals surface area contributed by atoms with Crippen LogP contribution in [0.3, 0.4) is 0 Å². The molecular formula is C19H22N6O8S2. The summed E-state index contributed by atoms with van der Waals surface area (Å²) in [6, 6.07) is 5.25. The van der Waals surface area contributed by atoms with E-state index in [-0.39, 0.29) is 23.2 Å². The van der Waals surface area contributed by atoms with Gasteiger partial charge in [0, 0.05) is 19.2 Å². The zero-order chi connectivity index (χ0) is 25.9. The molecule has 1 amide bonds. The van der Waals surface area contributed by atoms with Crippen LogP contribution in [0, 0.1) is 16.0 Å². The van der Waals surface area contributed by atoms with Crippen molar-refractivity contribution in [2.45, 2.75) is 42.8 Å². The van der Waals surface area contributed by atoms with Gasteiger partial charge in [-0.1, -0.05) is 23.5 Å². The summed E-state index contributed by atoms with van der Waals surface area (Å²) >= 11 is 1.77. The van der Waals surface area contributed by atoms with E-state index in [4.69, 9.17) is 4.74 Å². The van der Waals surface area contributed by atoms with Gasteiger partial charge in [0.25, 0.3) is 5.69 Å². The first-order chi connectivity index (χ1) is 16.4. The summed E-state index contributed by atoms with van der Waals surface area (Å²) in [7, 11) is 1.61. The van der Waals surface area contributed by atoms with E-state index in [0.717, 1.165) is 16.7 Å². The fraction of sp³-hybridized carbons (Fsp3) is 0.474. The van der Waals surface area contributed by atoms with Crippen LogP contribution in [-0.2, 0) is 32.8 Å². The van der Waals surface area contributed by atoms with Crippen molar-refractivity contribution in [3.8, 4) is 0 Å². The van der Waals surface area contributed by atoms with Gasteiger partial charge in [-0.05, 0) is 42.0 Å². The monoisotopic (exact) mass is 526 g/mol. The number of tetrazole rings is 1. The Morgan fingerprint density at radius 1 is 1.31 bits per heavy atom. The van der Waals surface area contributed by atoms with Gasteiger partial charge >= 0.3 is 5.97 Å². The summed E-state index contributed by atoms with van der Waals surface area (Å²) in [4.78, 5) is 48.6. The molecule has 2 heterocycles. The van der Waals surface area contributed by atoms with Gasteiger partial charge in [0.2, 0.25) is 22.4 Å². The Hall–Kier alpha value is -3.08. The molecule has 35 heavy (non-hydrogen) atoms. The Labute approximate surface area is 207 Å². The lowest BCUT2D eigenvalue weighted by Crippen LogP contribution is -2.70. The molecule has 16 heteroatoms. The van der Waals surface area contributed by atoms with Crippen LogP contribution in [0.25, 0.3) is 0 Å². The van der Waals surface area contributed by atoms with Crippen molar-refractivity contribution in [2.24, 2.45) is 13.0 Å². The zero-order valence-electron chi connectivity index (χ0n) is 18.8. The van der Waals surface area contributed by atoms with E-state index in [1.165, 1.54) is 42.8 Å². The number of aliphatic hydroxyl groups excluding tert-OH is 1. The molecule has 0 radical (unpaired) electrons. The predicted molar refractivity (Wildman–Crippen MR) is 121 cm³/mol. The number of carbonyl (C=O) groups excluding carboxylic acids is 3. The quantitative estimate of drug-likeness (QED) is 0.139. The maximum atomic E-state index is 12.7. The fourth-order valence-electron chi connectivity index (χ4n) is 3.21. The highest BCUT2D eigenvalue weighted by molar-refractivity contribution is 8.16. The number of carbonyl (C=O) groups is 3. The number of nitrogens with zero attached hydrogens (tertiary/aromatic N) is 6. The molecule has 0 bridgehead atoms. The summed E-state index contributed by atoms with van der Waals surface area (Å²) in [5.74, 6) is -2.97. The second-order valence-corrected chi connectivity index (χ2v) is 10.2. The summed E-state index contributed by atoms with van der Waals surface area (Å²) in [6.07, 6.45) is -2.01. The van der Waals surface area contributed by atoms with Gasteiger partial charge in [-0.25, -0.2) is 9.48 Å². The van der Waals surface area contributed by atoms with Crippen LogP contribution in [0.1, 0.15) is 19.4 Å². The molecule has 1 saturated heterocycles. The number of rotatable bonds is 10. The van der Waals surface area contributed by atoms with Crippen LogP contribution in [0.5, 0.6) is 0 Å². The third kappa shape index (κ3) is 6.14. The van der Waals surface area contributed by atoms with Crippen molar-refractivity contribution in [1.29, 1.82) is 0 Å². The number of nitro groups is 1. The SMILES string of the molecule is Cn1nnnc1SCC(=O)S[C@@H]1[C@H](C(C)(C)O)C(=O)N1C(O)C(=O)OCc1ccc([N+](=O)[O-])cc1. The Bertz CT molecular complexity index is 1120. The second kappa shape index (κ2) is 10.7. The van der Waals surface area contributed by atoms with Crippen LogP contribution < -0.4 is 0 Å². The number of likely N-dealkylation sites (tertiary alicyclic amines) is 1. The smallest absolute Gasteiger partial charge is 0.356 e. The number of nitro benzene ring substituents is 1. The topological polar surface area (TPSA) is 191 Å². The normalized spacial score (nSPS) is 18.7. The Kier molecular flexibility index (Phi) is 8.09. The van der Waals surface area contributed by atoms with Crippen molar-refractivity contribution in [3.05, 3.63) is 39.9 Å². The molecule has 14 nitrogen and oxygen atoms in total. The number of hydrogen-bond acceptors (Lipinski definition) is 13. The molecular weight excluding hydrogens is 504 g/mol. The maximum absolute atomic E-state index is 12.7. The van der Waals surface area contributed by atoms with Crippen LogP contribution in [0.15, 0.2) is 29.4 Å².